The fourth-order valence-electron chi connectivity index (χ4n) is 1.86. The van der Waals surface area contributed by atoms with E-state index in [0.717, 1.165) is 5.56 Å². The number of aromatic nitrogens is 3. The number of hydrogen-bond donors (Lipinski definition) is 0. The molecule has 23 heavy (non-hydrogen) atoms. The maximum atomic E-state index is 12.8. The number of carbonyl (C=O) groups excluding carboxylic acids is 1. The van der Waals surface area contributed by atoms with Gasteiger partial charge in [-0.1, -0.05) is 5.16 Å². The van der Waals surface area contributed by atoms with Crippen LogP contribution in [0.3, 0.4) is 0 Å². The third-order valence-corrected chi connectivity index (χ3v) is 2.98. The van der Waals surface area contributed by atoms with Crippen LogP contribution in [0.4, 0.5) is 4.39 Å². The summed E-state index contributed by atoms with van der Waals surface area (Å²) in [6.45, 7) is 0. The molecular weight excluding hydrogens is 301 g/mol. The van der Waals surface area contributed by atoms with Crippen LogP contribution in [0.1, 0.15) is 12.3 Å². The van der Waals surface area contributed by atoms with Crippen LogP contribution in [-0.2, 0) is 11.2 Å². The number of halogens is 1. The molecule has 0 atom stereocenters. The van der Waals surface area contributed by atoms with Gasteiger partial charge in [-0.25, -0.2) is 4.39 Å². The van der Waals surface area contributed by atoms with Gasteiger partial charge in [0.25, 0.3) is 0 Å². The van der Waals surface area contributed by atoms with Crippen molar-refractivity contribution in [2.45, 2.75) is 12.8 Å². The summed E-state index contributed by atoms with van der Waals surface area (Å²) in [6, 6.07) is 8.80. The number of aryl methyl sites for hydroxylation is 1. The Kier molecular flexibility index (Phi) is 4.37. The van der Waals surface area contributed by atoms with Gasteiger partial charge in [0.2, 0.25) is 11.7 Å². The summed E-state index contributed by atoms with van der Waals surface area (Å²) in [5.41, 5.74) is 0.733. The molecule has 3 rings (SSSR count). The smallest absolute Gasteiger partial charge is 0.311 e. The van der Waals surface area contributed by atoms with Crippen molar-refractivity contribution in [3.8, 4) is 17.1 Å². The average Bonchev–Trinajstić information content (AvgIpc) is 3.05. The first-order chi connectivity index (χ1) is 11.2. The van der Waals surface area contributed by atoms with Gasteiger partial charge in [0.05, 0.1) is 6.42 Å². The summed E-state index contributed by atoms with van der Waals surface area (Å²) in [4.78, 5) is 19.9. The van der Waals surface area contributed by atoms with Crippen LogP contribution in [0, 0.1) is 5.82 Å². The zero-order valence-electron chi connectivity index (χ0n) is 12.0. The summed E-state index contributed by atoms with van der Waals surface area (Å²) in [5, 5.41) is 3.84. The van der Waals surface area contributed by atoms with Crippen molar-refractivity contribution in [3.05, 3.63) is 60.5 Å². The summed E-state index contributed by atoms with van der Waals surface area (Å²) in [5.74, 6) is 0.189. The van der Waals surface area contributed by atoms with Crippen molar-refractivity contribution in [3.63, 3.8) is 0 Å². The van der Waals surface area contributed by atoms with Gasteiger partial charge in [0.1, 0.15) is 11.6 Å². The number of esters is 1. The fourth-order valence-corrected chi connectivity index (χ4v) is 1.86. The SMILES string of the molecule is O=C(CCc1nc(-c2cccnc2)no1)Oc1ccc(F)cc1. The zero-order valence-corrected chi connectivity index (χ0v) is 12.0. The van der Waals surface area contributed by atoms with E-state index in [4.69, 9.17) is 9.26 Å². The van der Waals surface area contributed by atoms with Crippen LogP contribution in [0.2, 0.25) is 0 Å². The molecule has 0 saturated carbocycles. The van der Waals surface area contributed by atoms with Crippen LogP contribution < -0.4 is 4.74 Å². The molecule has 116 valence electrons. The molecule has 0 unspecified atom stereocenters. The van der Waals surface area contributed by atoms with Crippen molar-refractivity contribution in [1.82, 2.24) is 15.1 Å². The van der Waals surface area contributed by atoms with Gasteiger partial charge in [-0.2, -0.15) is 4.98 Å². The maximum absolute atomic E-state index is 12.8. The third-order valence-electron chi connectivity index (χ3n) is 2.98. The molecule has 2 heterocycles. The summed E-state index contributed by atoms with van der Waals surface area (Å²) in [6.07, 6.45) is 3.60. The monoisotopic (exact) mass is 313 g/mol. The second kappa shape index (κ2) is 6.78. The lowest BCUT2D eigenvalue weighted by molar-refractivity contribution is -0.134. The molecule has 6 nitrogen and oxygen atoms in total. The molecule has 2 aromatic heterocycles. The number of carbonyl (C=O) groups is 1. The number of nitrogens with zero attached hydrogens (tertiary/aromatic N) is 3. The Bertz CT molecular complexity index is 788. The molecule has 0 saturated heterocycles. The Balaban J connectivity index is 1.55. The number of ether oxygens (including phenoxy) is 1. The maximum Gasteiger partial charge on any atom is 0.311 e. The second-order valence-corrected chi connectivity index (χ2v) is 4.68. The van der Waals surface area contributed by atoms with Gasteiger partial charge in [-0.15, -0.1) is 0 Å². The van der Waals surface area contributed by atoms with E-state index >= 15 is 0 Å². The third kappa shape index (κ3) is 3.97. The van der Waals surface area contributed by atoms with Crippen molar-refractivity contribution in [1.29, 1.82) is 0 Å². The Hall–Kier alpha value is -3.09. The van der Waals surface area contributed by atoms with Gasteiger partial charge in [-0.3, -0.25) is 9.78 Å². The molecule has 0 aliphatic rings. The van der Waals surface area contributed by atoms with E-state index < -0.39 is 11.8 Å². The van der Waals surface area contributed by atoms with E-state index in [1.165, 1.54) is 24.3 Å². The topological polar surface area (TPSA) is 78.1 Å². The minimum absolute atomic E-state index is 0.0754. The van der Waals surface area contributed by atoms with Crippen LogP contribution >= 0.6 is 0 Å². The molecule has 1 aromatic carbocycles. The minimum Gasteiger partial charge on any atom is -0.427 e. The van der Waals surface area contributed by atoms with Gasteiger partial charge in [0.15, 0.2) is 0 Å². The Morgan fingerprint density at radius 1 is 1.22 bits per heavy atom. The van der Waals surface area contributed by atoms with E-state index in [-0.39, 0.29) is 18.6 Å². The van der Waals surface area contributed by atoms with E-state index in [2.05, 4.69) is 15.1 Å². The minimum atomic E-state index is -0.460. The van der Waals surface area contributed by atoms with Crippen molar-refractivity contribution < 1.29 is 18.4 Å². The first kappa shape index (κ1) is 14.8. The second-order valence-electron chi connectivity index (χ2n) is 4.68. The quantitative estimate of drug-likeness (QED) is 0.532. The van der Waals surface area contributed by atoms with E-state index in [0.29, 0.717) is 11.7 Å². The molecule has 3 aromatic rings. The van der Waals surface area contributed by atoms with Crippen LogP contribution in [0.15, 0.2) is 53.3 Å². The summed E-state index contributed by atoms with van der Waals surface area (Å²) < 4.78 is 22.9. The predicted molar refractivity (Wildman–Crippen MR) is 77.9 cm³/mol. The molecule has 7 heteroatoms. The van der Waals surface area contributed by atoms with E-state index in [9.17, 15) is 9.18 Å². The van der Waals surface area contributed by atoms with Gasteiger partial charge < -0.3 is 9.26 Å². The first-order valence-corrected chi connectivity index (χ1v) is 6.90. The number of pyridine rings is 1. The van der Waals surface area contributed by atoms with Crippen LogP contribution in [-0.4, -0.2) is 21.1 Å². The molecule has 0 radical (unpaired) electrons. The largest absolute Gasteiger partial charge is 0.427 e. The first-order valence-electron chi connectivity index (χ1n) is 6.90. The molecule has 0 aliphatic heterocycles. The molecule has 0 spiro atoms. The molecule has 0 amide bonds. The highest BCUT2D eigenvalue weighted by Crippen LogP contribution is 2.15. The predicted octanol–water partition coefficient (Wildman–Crippen LogP) is 2.81. The van der Waals surface area contributed by atoms with Crippen molar-refractivity contribution in [2.75, 3.05) is 0 Å². The molecule has 0 fully saturated rings. The fraction of sp³-hybridized carbons (Fsp3) is 0.125. The van der Waals surface area contributed by atoms with Crippen LogP contribution in [0.25, 0.3) is 11.4 Å². The highest BCUT2D eigenvalue weighted by atomic mass is 19.1. The number of rotatable bonds is 5. The molecule has 0 aliphatic carbocycles. The molecular formula is C16H12FN3O3. The van der Waals surface area contributed by atoms with Gasteiger partial charge in [0, 0.05) is 24.4 Å². The Labute approximate surface area is 130 Å². The number of benzene rings is 1. The Morgan fingerprint density at radius 3 is 2.78 bits per heavy atom. The standard InChI is InChI=1S/C16H12FN3O3/c17-12-3-5-13(6-4-12)22-15(21)8-7-14-19-16(20-23-14)11-2-1-9-18-10-11/h1-6,9-10H,7-8H2. The van der Waals surface area contributed by atoms with Crippen molar-refractivity contribution >= 4 is 5.97 Å². The number of hydrogen-bond acceptors (Lipinski definition) is 6. The van der Waals surface area contributed by atoms with E-state index in [1.54, 1.807) is 18.5 Å². The van der Waals surface area contributed by atoms with E-state index in [1.807, 2.05) is 6.07 Å². The lowest BCUT2D eigenvalue weighted by Crippen LogP contribution is -2.09. The summed E-state index contributed by atoms with van der Waals surface area (Å²) >= 11 is 0. The normalized spacial score (nSPS) is 10.5. The summed E-state index contributed by atoms with van der Waals surface area (Å²) in [7, 11) is 0. The van der Waals surface area contributed by atoms with Gasteiger partial charge in [-0.05, 0) is 36.4 Å². The lowest BCUT2D eigenvalue weighted by Gasteiger charge is -2.02. The molecule has 0 N–H and O–H groups in total. The lowest BCUT2D eigenvalue weighted by atomic mass is 10.3. The molecule has 0 bridgehead atoms. The Morgan fingerprint density at radius 2 is 2.04 bits per heavy atom. The highest BCUT2D eigenvalue weighted by Gasteiger charge is 2.12. The van der Waals surface area contributed by atoms with Crippen LogP contribution in [0.5, 0.6) is 5.75 Å². The van der Waals surface area contributed by atoms with Gasteiger partial charge >= 0.3 is 5.97 Å². The van der Waals surface area contributed by atoms with Crippen molar-refractivity contribution in [2.24, 2.45) is 0 Å². The average molecular weight is 313 g/mol. The zero-order chi connectivity index (χ0) is 16.1. The highest BCUT2D eigenvalue weighted by molar-refractivity contribution is 5.72.